The van der Waals surface area contributed by atoms with Crippen LogP contribution < -0.4 is 9.80 Å². The number of anilines is 2. The molecule has 7 nitrogen and oxygen atoms in total. The SMILES string of the molecule is CN(c1nc(-c2cccc(Cl)c2)no1)C1CCCN(c2cccnn2)C1. The highest BCUT2D eigenvalue weighted by atomic mass is 35.5. The lowest BCUT2D eigenvalue weighted by atomic mass is 10.0. The zero-order valence-corrected chi connectivity index (χ0v) is 15.2. The smallest absolute Gasteiger partial charge is 0.324 e. The van der Waals surface area contributed by atoms with E-state index in [1.165, 1.54) is 0 Å². The topological polar surface area (TPSA) is 71.2 Å². The van der Waals surface area contributed by atoms with Crippen LogP contribution in [0.2, 0.25) is 5.02 Å². The summed E-state index contributed by atoms with van der Waals surface area (Å²) >= 11 is 6.05. The van der Waals surface area contributed by atoms with Crippen molar-refractivity contribution in [3.05, 3.63) is 47.6 Å². The molecule has 0 bridgehead atoms. The molecule has 1 fully saturated rings. The van der Waals surface area contributed by atoms with Gasteiger partial charge in [0.2, 0.25) is 5.82 Å². The molecule has 1 aliphatic heterocycles. The van der Waals surface area contributed by atoms with E-state index in [0.717, 1.165) is 37.3 Å². The summed E-state index contributed by atoms with van der Waals surface area (Å²) in [5.41, 5.74) is 0.839. The van der Waals surface area contributed by atoms with Gasteiger partial charge in [0.1, 0.15) is 0 Å². The van der Waals surface area contributed by atoms with Gasteiger partial charge in [-0.05, 0) is 37.1 Å². The number of nitrogens with zero attached hydrogens (tertiary/aromatic N) is 6. The van der Waals surface area contributed by atoms with E-state index in [1.54, 1.807) is 6.20 Å². The summed E-state index contributed by atoms with van der Waals surface area (Å²) in [5, 5.41) is 12.9. The second-order valence-electron chi connectivity index (χ2n) is 6.35. The fourth-order valence-corrected chi connectivity index (χ4v) is 3.39. The van der Waals surface area contributed by atoms with Gasteiger partial charge in [-0.25, -0.2) is 0 Å². The van der Waals surface area contributed by atoms with E-state index in [1.807, 2.05) is 48.3 Å². The van der Waals surface area contributed by atoms with E-state index in [0.29, 0.717) is 16.9 Å². The predicted molar refractivity (Wildman–Crippen MR) is 100 cm³/mol. The molecule has 26 heavy (non-hydrogen) atoms. The van der Waals surface area contributed by atoms with Crippen LogP contribution in [0.3, 0.4) is 0 Å². The predicted octanol–water partition coefficient (Wildman–Crippen LogP) is 3.29. The minimum absolute atomic E-state index is 0.262. The van der Waals surface area contributed by atoms with Gasteiger partial charge in [-0.15, -0.1) is 5.10 Å². The van der Waals surface area contributed by atoms with Gasteiger partial charge in [0.05, 0.1) is 6.04 Å². The average molecular weight is 371 g/mol. The Morgan fingerprint density at radius 3 is 3.00 bits per heavy atom. The van der Waals surface area contributed by atoms with Crippen LogP contribution in [0.15, 0.2) is 47.1 Å². The second-order valence-corrected chi connectivity index (χ2v) is 6.78. The van der Waals surface area contributed by atoms with Crippen molar-refractivity contribution in [2.75, 3.05) is 29.9 Å². The van der Waals surface area contributed by atoms with Crippen LogP contribution in [0, 0.1) is 0 Å². The number of hydrogen-bond donors (Lipinski definition) is 0. The van der Waals surface area contributed by atoms with Gasteiger partial charge in [-0.2, -0.15) is 10.1 Å². The molecule has 1 aromatic carbocycles. The maximum Gasteiger partial charge on any atom is 0.324 e. The van der Waals surface area contributed by atoms with E-state index in [2.05, 4.69) is 25.2 Å². The van der Waals surface area contributed by atoms with Crippen molar-refractivity contribution in [2.45, 2.75) is 18.9 Å². The van der Waals surface area contributed by atoms with Crippen LogP contribution in [0.1, 0.15) is 12.8 Å². The standard InChI is InChI=1S/C18H19ClN6O/c1-24(15-7-4-10-25(12-15)16-8-3-9-20-22-16)18-21-17(23-26-18)13-5-2-6-14(19)11-13/h2-3,5-6,8-9,11,15H,4,7,10,12H2,1H3. The van der Waals surface area contributed by atoms with Gasteiger partial charge >= 0.3 is 6.01 Å². The van der Waals surface area contributed by atoms with Crippen LogP contribution in [0.5, 0.6) is 0 Å². The average Bonchev–Trinajstić information content (AvgIpc) is 3.18. The Morgan fingerprint density at radius 1 is 1.27 bits per heavy atom. The lowest BCUT2D eigenvalue weighted by Gasteiger charge is -2.37. The van der Waals surface area contributed by atoms with Crippen molar-refractivity contribution >= 4 is 23.4 Å². The molecule has 0 amide bonds. The summed E-state index contributed by atoms with van der Waals surface area (Å²) in [6, 6.07) is 12.1. The fourth-order valence-electron chi connectivity index (χ4n) is 3.20. The largest absolute Gasteiger partial charge is 0.353 e. The quantitative estimate of drug-likeness (QED) is 0.697. The Kier molecular flexibility index (Phi) is 4.71. The summed E-state index contributed by atoms with van der Waals surface area (Å²) in [5.74, 6) is 1.44. The monoisotopic (exact) mass is 370 g/mol. The Bertz CT molecular complexity index is 871. The zero-order valence-electron chi connectivity index (χ0n) is 14.4. The fraction of sp³-hybridized carbons (Fsp3) is 0.333. The van der Waals surface area contributed by atoms with E-state index in [4.69, 9.17) is 16.1 Å². The zero-order chi connectivity index (χ0) is 17.9. The van der Waals surface area contributed by atoms with Crippen LogP contribution in [-0.2, 0) is 0 Å². The molecular weight excluding hydrogens is 352 g/mol. The first-order valence-electron chi connectivity index (χ1n) is 8.56. The lowest BCUT2D eigenvalue weighted by Crippen LogP contribution is -2.47. The van der Waals surface area contributed by atoms with Crippen molar-refractivity contribution < 1.29 is 4.52 Å². The van der Waals surface area contributed by atoms with Gasteiger partial charge in [0.15, 0.2) is 5.82 Å². The van der Waals surface area contributed by atoms with Gasteiger partial charge in [0, 0.05) is 36.9 Å². The molecule has 3 heterocycles. The number of piperidine rings is 1. The molecule has 3 aromatic rings. The number of hydrogen-bond acceptors (Lipinski definition) is 7. The Balaban J connectivity index is 1.50. The summed E-state index contributed by atoms with van der Waals surface area (Å²) in [4.78, 5) is 8.82. The third-order valence-corrected chi connectivity index (χ3v) is 4.86. The van der Waals surface area contributed by atoms with Gasteiger partial charge in [0.25, 0.3) is 0 Å². The first kappa shape index (κ1) is 16.8. The van der Waals surface area contributed by atoms with Crippen molar-refractivity contribution in [3.63, 3.8) is 0 Å². The molecule has 1 saturated heterocycles. The maximum absolute atomic E-state index is 6.05. The molecule has 1 aliphatic rings. The first-order chi connectivity index (χ1) is 12.7. The first-order valence-corrected chi connectivity index (χ1v) is 8.93. The van der Waals surface area contributed by atoms with E-state index >= 15 is 0 Å². The Hall–Kier alpha value is -2.67. The molecule has 4 rings (SSSR count). The van der Waals surface area contributed by atoms with Crippen LogP contribution in [-0.4, -0.2) is 46.5 Å². The molecule has 1 atom stereocenters. The number of benzene rings is 1. The Labute approximate surface area is 156 Å². The normalized spacial score (nSPS) is 17.3. The molecule has 2 aromatic heterocycles. The number of halogens is 1. The molecular formula is C18H19ClN6O. The van der Waals surface area contributed by atoms with Crippen LogP contribution >= 0.6 is 11.6 Å². The van der Waals surface area contributed by atoms with Crippen molar-refractivity contribution in [1.29, 1.82) is 0 Å². The van der Waals surface area contributed by atoms with E-state index < -0.39 is 0 Å². The van der Waals surface area contributed by atoms with Gasteiger partial charge in [-0.1, -0.05) is 28.9 Å². The minimum atomic E-state index is 0.262. The summed E-state index contributed by atoms with van der Waals surface area (Å²) in [6.45, 7) is 1.81. The second kappa shape index (κ2) is 7.29. The molecule has 0 spiro atoms. The van der Waals surface area contributed by atoms with E-state index in [9.17, 15) is 0 Å². The highest BCUT2D eigenvalue weighted by Crippen LogP contribution is 2.26. The molecule has 134 valence electrons. The number of aromatic nitrogens is 4. The van der Waals surface area contributed by atoms with Crippen LogP contribution in [0.25, 0.3) is 11.4 Å². The number of rotatable bonds is 4. The molecule has 0 saturated carbocycles. The Morgan fingerprint density at radius 2 is 2.19 bits per heavy atom. The highest BCUT2D eigenvalue weighted by Gasteiger charge is 2.27. The van der Waals surface area contributed by atoms with Crippen molar-refractivity contribution in [1.82, 2.24) is 20.3 Å². The molecule has 0 N–H and O–H groups in total. The molecule has 0 aliphatic carbocycles. The third kappa shape index (κ3) is 3.48. The summed E-state index contributed by atoms with van der Waals surface area (Å²) in [7, 11) is 1.99. The lowest BCUT2D eigenvalue weighted by molar-refractivity contribution is 0.392. The molecule has 8 heteroatoms. The van der Waals surface area contributed by atoms with Gasteiger partial charge < -0.3 is 14.3 Å². The van der Waals surface area contributed by atoms with Gasteiger partial charge in [-0.3, -0.25) is 0 Å². The maximum atomic E-state index is 6.05. The molecule has 0 radical (unpaired) electrons. The minimum Gasteiger partial charge on any atom is -0.353 e. The van der Waals surface area contributed by atoms with Crippen LogP contribution in [0.4, 0.5) is 11.8 Å². The number of likely N-dealkylation sites (N-methyl/N-ethyl adjacent to an activating group) is 1. The van der Waals surface area contributed by atoms with Crippen molar-refractivity contribution in [3.8, 4) is 11.4 Å². The van der Waals surface area contributed by atoms with E-state index in [-0.39, 0.29) is 6.04 Å². The molecule has 1 unspecified atom stereocenters. The summed E-state index contributed by atoms with van der Waals surface area (Å²) < 4.78 is 5.49. The van der Waals surface area contributed by atoms with Crippen molar-refractivity contribution in [2.24, 2.45) is 0 Å². The summed E-state index contributed by atoms with van der Waals surface area (Å²) in [6.07, 6.45) is 3.82. The third-order valence-electron chi connectivity index (χ3n) is 4.63. The highest BCUT2D eigenvalue weighted by molar-refractivity contribution is 6.30.